The van der Waals surface area contributed by atoms with Gasteiger partial charge >= 0.3 is 6.03 Å². The Morgan fingerprint density at radius 1 is 1.30 bits per heavy atom. The molecule has 146 valence electrons. The van der Waals surface area contributed by atoms with Crippen LogP contribution in [0.25, 0.3) is 0 Å². The Hall–Kier alpha value is -2.35. The largest absolute Gasteiger partial charge is 0.468 e. The zero-order valence-corrected chi connectivity index (χ0v) is 15.8. The molecule has 1 N–H and O–H groups in total. The summed E-state index contributed by atoms with van der Waals surface area (Å²) in [7, 11) is 0. The van der Waals surface area contributed by atoms with Crippen molar-refractivity contribution in [2.45, 2.75) is 51.1 Å². The van der Waals surface area contributed by atoms with E-state index in [1.54, 1.807) is 13.2 Å². The molecule has 0 spiro atoms. The fraction of sp³-hybridized carbons (Fsp3) is 0.632. The maximum atomic E-state index is 12.9. The SMILES string of the molecule is Cc1nc(C2CCCN2C(=O)NCC(c2ccco2)N2CCCCC2)no1. The first-order valence-corrected chi connectivity index (χ1v) is 9.84. The Bertz CT molecular complexity index is 738. The summed E-state index contributed by atoms with van der Waals surface area (Å²) >= 11 is 0. The van der Waals surface area contributed by atoms with Gasteiger partial charge in [-0.25, -0.2) is 4.79 Å². The Morgan fingerprint density at radius 2 is 2.15 bits per heavy atom. The number of nitrogens with one attached hydrogen (secondary N) is 1. The molecule has 0 radical (unpaired) electrons. The molecule has 2 amide bonds. The summed E-state index contributed by atoms with van der Waals surface area (Å²) < 4.78 is 10.8. The van der Waals surface area contributed by atoms with Gasteiger partial charge in [-0.15, -0.1) is 0 Å². The van der Waals surface area contributed by atoms with E-state index in [4.69, 9.17) is 8.94 Å². The first kappa shape index (κ1) is 18.0. The first-order chi connectivity index (χ1) is 13.2. The van der Waals surface area contributed by atoms with Crippen LogP contribution in [0.15, 0.2) is 27.3 Å². The van der Waals surface area contributed by atoms with Crippen LogP contribution in [0.3, 0.4) is 0 Å². The average molecular weight is 373 g/mol. The van der Waals surface area contributed by atoms with Crippen LogP contribution in [-0.4, -0.2) is 52.2 Å². The number of hydrogen-bond donors (Lipinski definition) is 1. The van der Waals surface area contributed by atoms with Crippen molar-refractivity contribution >= 4 is 6.03 Å². The monoisotopic (exact) mass is 373 g/mol. The highest BCUT2D eigenvalue weighted by Gasteiger charge is 2.34. The minimum absolute atomic E-state index is 0.0673. The predicted octanol–water partition coefficient (Wildman–Crippen LogP) is 3.04. The van der Waals surface area contributed by atoms with Crippen molar-refractivity contribution in [2.75, 3.05) is 26.2 Å². The van der Waals surface area contributed by atoms with E-state index in [0.717, 1.165) is 31.7 Å². The molecule has 2 aliphatic rings. The summed E-state index contributed by atoms with van der Waals surface area (Å²) in [5, 5.41) is 7.12. The third-order valence-electron chi connectivity index (χ3n) is 5.50. The number of rotatable bonds is 5. The zero-order chi connectivity index (χ0) is 18.6. The van der Waals surface area contributed by atoms with Crippen LogP contribution in [0.2, 0.25) is 0 Å². The topological polar surface area (TPSA) is 87.6 Å². The lowest BCUT2D eigenvalue weighted by Gasteiger charge is -2.34. The maximum Gasteiger partial charge on any atom is 0.318 e. The number of likely N-dealkylation sites (tertiary alicyclic amines) is 2. The van der Waals surface area contributed by atoms with Crippen LogP contribution >= 0.6 is 0 Å². The van der Waals surface area contributed by atoms with Crippen molar-refractivity contribution in [2.24, 2.45) is 0 Å². The molecular formula is C19H27N5O3. The highest BCUT2D eigenvalue weighted by molar-refractivity contribution is 5.75. The van der Waals surface area contributed by atoms with Gasteiger partial charge in [0.25, 0.3) is 0 Å². The van der Waals surface area contributed by atoms with Gasteiger partial charge in [-0.2, -0.15) is 4.98 Å². The normalized spacial score (nSPS) is 22.1. The Balaban J connectivity index is 1.41. The quantitative estimate of drug-likeness (QED) is 0.867. The molecule has 2 fully saturated rings. The van der Waals surface area contributed by atoms with E-state index in [0.29, 0.717) is 24.8 Å². The lowest BCUT2D eigenvalue weighted by Crippen LogP contribution is -2.45. The Labute approximate surface area is 158 Å². The molecule has 2 aliphatic heterocycles. The molecule has 0 saturated carbocycles. The predicted molar refractivity (Wildman–Crippen MR) is 98.0 cm³/mol. The number of carbonyl (C=O) groups is 1. The van der Waals surface area contributed by atoms with Crippen LogP contribution in [0.1, 0.15) is 61.7 Å². The van der Waals surface area contributed by atoms with Gasteiger partial charge in [0.1, 0.15) is 5.76 Å². The average Bonchev–Trinajstić information content (AvgIpc) is 3.44. The number of hydrogen-bond acceptors (Lipinski definition) is 6. The van der Waals surface area contributed by atoms with Gasteiger partial charge in [-0.1, -0.05) is 11.6 Å². The first-order valence-electron chi connectivity index (χ1n) is 9.84. The summed E-state index contributed by atoms with van der Waals surface area (Å²) in [5.41, 5.74) is 0. The van der Waals surface area contributed by atoms with E-state index in [1.807, 2.05) is 17.0 Å². The molecule has 4 rings (SSSR count). The van der Waals surface area contributed by atoms with Crippen molar-refractivity contribution in [1.82, 2.24) is 25.3 Å². The highest BCUT2D eigenvalue weighted by atomic mass is 16.5. The van der Waals surface area contributed by atoms with Crippen molar-refractivity contribution in [3.63, 3.8) is 0 Å². The summed E-state index contributed by atoms with van der Waals surface area (Å²) in [6.07, 6.45) is 7.16. The lowest BCUT2D eigenvalue weighted by molar-refractivity contribution is 0.138. The Morgan fingerprint density at radius 3 is 2.85 bits per heavy atom. The van der Waals surface area contributed by atoms with Crippen molar-refractivity contribution < 1.29 is 13.7 Å². The van der Waals surface area contributed by atoms with Gasteiger partial charge < -0.3 is 19.2 Å². The van der Waals surface area contributed by atoms with Crippen molar-refractivity contribution in [1.29, 1.82) is 0 Å². The summed E-state index contributed by atoms with van der Waals surface area (Å²) in [5.74, 6) is 2.03. The van der Waals surface area contributed by atoms with Crippen LogP contribution < -0.4 is 5.32 Å². The summed E-state index contributed by atoms with van der Waals surface area (Å²) in [6.45, 7) is 5.08. The third-order valence-corrected chi connectivity index (χ3v) is 5.50. The van der Waals surface area contributed by atoms with Crippen LogP contribution in [0.4, 0.5) is 4.79 Å². The lowest BCUT2D eigenvalue weighted by atomic mass is 10.1. The zero-order valence-electron chi connectivity index (χ0n) is 15.8. The number of urea groups is 1. The van der Waals surface area contributed by atoms with Crippen molar-refractivity contribution in [3.05, 3.63) is 35.9 Å². The van der Waals surface area contributed by atoms with Crippen LogP contribution in [0.5, 0.6) is 0 Å². The molecule has 0 bridgehead atoms. The fourth-order valence-electron chi connectivity index (χ4n) is 4.13. The second-order valence-electron chi connectivity index (χ2n) is 7.34. The smallest absolute Gasteiger partial charge is 0.318 e. The van der Waals surface area contributed by atoms with E-state index in [2.05, 4.69) is 20.4 Å². The number of aromatic nitrogens is 2. The number of furan rings is 1. The van der Waals surface area contributed by atoms with Crippen molar-refractivity contribution in [3.8, 4) is 0 Å². The molecule has 2 aromatic rings. The number of amides is 2. The number of nitrogens with zero attached hydrogens (tertiary/aromatic N) is 4. The molecule has 8 nitrogen and oxygen atoms in total. The molecule has 0 aliphatic carbocycles. The maximum absolute atomic E-state index is 12.9. The standard InChI is InChI=1S/C19H27N5O3/c1-14-21-18(22-27-14)15-7-5-11-24(15)19(25)20-13-16(17-8-6-12-26-17)23-9-3-2-4-10-23/h6,8,12,15-16H,2-5,7,9-11,13H2,1H3,(H,20,25). The molecule has 0 aromatic carbocycles. The Kier molecular flexibility index (Phi) is 5.42. The van der Waals surface area contributed by atoms with Gasteiger partial charge in [0.05, 0.1) is 18.3 Å². The van der Waals surface area contributed by atoms with Gasteiger partial charge in [-0.05, 0) is 50.9 Å². The molecule has 4 heterocycles. The molecule has 2 unspecified atom stereocenters. The van der Waals surface area contributed by atoms with E-state index in [1.165, 1.54) is 19.3 Å². The van der Waals surface area contributed by atoms with Gasteiger partial charge in [0.2, 0.25) is 5.89 Å². The van der Waals surface area contributed by atoms with Gasteiger partial charge in [-0.3, -0.25) is 4.90 Å². The van der Waals surface area contributed by atoms with E-state index >= 15 is 0 Å². The number of aryl methyl sites for hydroxylation is 1. The van der Waals surface area contributed by atoms with Gasteiger partial charge in [0.15, 0.2) is 5.82 Å². The highest BCUT2D eigenvalue weighted by Crippen LogP contribution is 2.30. The summed E-state index contributed by atoms with van der Waals surface area (Å²) in [6, 6.07) is 3.78. The van der Waals surface area contributed by atoms with E-state index < -0.39 is 0 Å². The molecular weight excluding hydrogens is 346 g/mol. The van der Waals surface area contributed by atoms with Crippen LogP contribution in [-0.2, 0) is 0 Å². The molecule has 2 aromatic heterocycles. The summed E-state index contributed by atoms with van der Waals surface area (Å²) in [4.78, 5) is 21.4. The van der Waals surface area contributed by atoms with Gasteiger partial charge in [0, 0.05) is 20.0 Å². The molecule has 8 heteroatoms. The fourth-order valence-corrected chi connectivity index (χ4v) is 4.13. The van der Waals surface area contributed by atoms with E-state index in [9.17, 15) is 4.79 Å². The molecule has 27 heavy (non-hydrogen) atoms. The van der Waals surface area contributed by atoms with Crippen LogP contribution in [0, 0.1) is 6.92 Å². The number of piperidine rings is 1. The third kappa shape index (κ3) is 4.00. The minimum Gasteiger partial charge on any atom is -0.468 e. The number of carbonyl (C=O) groups excluding carboxylic acids is 1. The van der Waals surface area contributed by atoms with E-state index in [-0.39, 0.29) is 18.1 Å². The minimum atomic E-state index is -0.112. The molecule has 2 atom stereocenters. The second kappa shape index (κ2) is 8.12. The molecule has 2 saturated heterocycles. The second-order valence-corrected chi connectivity index (χ2v) is 7.34.